The summed E-state index contributed by atoms with van der Waals surface area (Å²) in [5, 5.41) is 14.2. The van der Waals surface area contributed by atoms with E-state index in [9.17, 15) is 9.90 Å². The van der Waals surface area contributed by atoms with E-state index in [0.29, 0.717) is 23.4 Å². The minimum Gasteiger partial charge on any atom is -0.390 e. The molecule has 1 amide bonds. The minimum atomic E-state index is -0.479. The number of carbonyl (C=O) groups is 1. The number of hydrogen-bond donors (Lipinski definition) is 2. The van der Waals surface area contributed by atoms with Crippen molar-refractivity contribution in [2.45, 2.75) is 50.3 Å². The molecule has 1 aliphatic heterocycles. The van der Waals surface area contributed by atoms with Crippen LogP contribution in [0.4, 0.5) is 5.69 Å². The Morgan fingerprint density at radius 3 is 2.42 bits per heavy atom. The van der Waals surface area contributed by atoms with E-state index >= 15 is 0 Å². The Bertz CT molecular complexity index is 988. The minimum absolute atomic E-state index is 0.0539. The second-order valence-corrected chi connectivity index (χ2v) is 10.8. The molecule has 1 aromatic carbocycles. The molecular weight excluding hydrogens is 412 g/mol. The molecule has 1 aromatic heterocycles. The molecule has 33 heavy (non-hydrogen) atoms. The molecule has 4 aliphatic carbocycles. The van der Waals surface area contributed by atoms with Crippen LogP contribution < -0.4 is 10.2 Å². The lowest BCUT2D eigenvalue weighted by atomic mass is 9.52. The average molecular weight is 447 g/mol. The zero-order valence-electron chi connectivity index (χ0n) is 19.2. The van der Waals surface area contributed by atoms with Crippen molar-refractivity contribution >= 4 is 11.6 Å². The molecule has 0 spiro atoms. The maximum Gasteiger partial charge on any atom is 0.272 e. The highest BCUT2D eigenvalue weighted by Gasteiger charge is 2.55. The first-order valence-electron chi connectivity index (χ1n) is 12.6. The third-order valence-corrected chi connectivity index (χ3v) is 8.50. The molecule has 1 saturated heterocycles. The van der Waals surface area contributed by atoms with Crippen molar-refractivity contribution in [1.29, 1.82) is 0 Å². The van der Waals surface area contributed by atoms with Crippen molar-refractivity contribution in [3.05, 3.63) is 59.9 Å². The summed E-state index contributed by atoms with van der Waals surface area (Å²) in [4.78, 5) is 22.7. The number of aromatic nitrogens is 1. The molecule has 0 radical (unpaired) electrons. The number of hydrogen-bond acceptors (Lipinski definition) is 5. The zero-order valence-corrected chi connectivity index (χ0v) is 19.2. The SMILES string of the molecule is O=C(NC1C2CC3CC1CC(O)(C3)C2)c1ncccc1N1CCN(Cc2ccccc2)CC1. The van der Waals surface area contributed by atoms with Crippen LogP contribution in [0.2, 0.25) is 0 Å². The number of piperazine rings is 1. The monoisotopic (exact) mass is 446 g/mol. The standard InChI is InChI=1S/C27H34N4O2/c32-26(29-24-21-13-20-14-22(24)17-27(33,15-20)16-21)25-23(7-4-8-28-25)31-11-9-30(10-12-31)18-19-5-2-1-3-6-19/h1-8,20-22,24,33H,9-18H2,(H,29,32). The molecule has 6 heteroatoms. The lowest BCUT2D eigenvalue weighted by molar-refractivity contribution is -0.136. The molecule has 2 heterocycles. The number of nitrogens with one attached hydrogen (secondary N) is 1. The van der Waals surface area contributed by atoms with E-state index in [0.717, 1.165) is 70.5 Å². The van der Waals surface area contributed by atoms with Gasteiger partial charge in [0.25, 0.3) is 5.91 Å². The zero-order chi connectivity index (χ0) is 22.4. The normalized spacial score (nSPS) is 33.3. The van der Waals surface area contributed by atoms with E-state index in [1.54, 1.807) is 6.20 Å². The molecule has 7 rings (SSSR count). The van der Waals surface area contributed by atoms with Crippen LogP contribution in [0.25, 0.3) is 0 Å². The van der Waals surface area contributed by atoms with Gasteiger partial charge in [-0.05, 0) is 67.6 Å². The van der Waals surface area contributed by atoms with E-state index in [-0.39, 0.29) is 11.9 Å². The summed E-state index contributed by atoms with van der Waals surface area (Å²) in [5.41, 5.74) is 2.35. The van der Waals surface area contributed by atoms with Gasteiger partial charge in [-0.15, -0.1) is 0 Å². The Labute approximate surface area is 196 Å². The first-order valence-corrected chi connectivity index (χ1v) is 12.6. The number of nitrogens with zero attached hydrogens (tertiary/aromatic N) is 3. The summed E-state index contributed by atoms with van der Waals surface area (Å²) >= 11 is 0. The van der Waals surface area contributed by atoms with Crippen molar-refractivity contribution in [2.24, 2.45) is 17.8 Å². The first-order chi connectivity index (χ1) is 16.1. The number of amides is 1. The summed E-state index contributed by atoms with van der Waals surface area (Å²) in [5.74, 6) is 1.39. The summed E-state index contributed by atoms with van der Waals surface area (Å²) in [7, 11) is 0. The fourth-order valence-electron chi connectivity index (χ4n) is 7.25. The van der Waals surface area contributed by atoms with Crippen LogP contribution in [0.5, 0.6) is 0 Å². The molecule has 4 bridgehead atoms. The highest BCUT2D eigenvalue weighted by Crippen LogP contribution is 2.55. The quantitative estimate of drug-likeness (QED) is 0.739. The number of benzene rings is 1. The van der Waals surface area contributed by atoms with E-state index in [4.69, 9.17) is 0 Å². The van der Waals surface area contributed by atoms with Crippen molar-refractivity contribution in [1.82, 2.24) is 15.2 Å². The van der Waals surface area contributed by atoms with Crippen LogP contribution >= 0.6 is 0 Å². The third kappa shape index (κ3) is 4.15. The fourth-order valence-corrected chi connectivity index (χ4v) is 7.25. The van der Waals surface area contributed by atoms with Crippen molar-refractivity contribution in [2.75, 3.05) is 31.1 Å². The molecule has 174 valence electrons. The van der Waals surface area contributed by atoms with E-state index in [2.05, 4.69) is 50.4 Å². The van der Waals surface area contributed by atoms with E-state index < -0.39 is 5.60 Å². The van der Waals surface area contributed by atoms with Gasteiger partial charge >= 0.3 is 0 Å². The van der Waals surface area contributed by atoms with Crippen LogP contribution in [0, 0.1) is 17.8 Å². The Morgan fingerprint density at radius 2 is 1.73 bits per heavy atom. The van der Waals surface area contributed by atoms with Gasteiger partial charge in [-0.2, -0.15) is 0 Å². The molecule has 5 fully saturated rings. The second kappa shape index (κ2) is 8.41. The molecule has 2 atom stereocenters. The summed E-state index contributed by atoms with van der Waals surface area (Å²) in [6.45, 7) is 4.69. The second-order valence-electron chi connectivity index (χ2n) is 10.8. The van der Waals surface area contributed by atoms with Gasteiger partial charge in [-0.3, -0.25) is 9.69 Å². The summed E-state index contributed by atoms with van der Waals surface area (Å²) in [6.07, 6.45) is 6.64. The lowest BCUT2D eigenvalue weighted by Gasteiger charge is -2.58. The van der Waals surface area contributed by atoms with Gasteiger partial charge in [0.05, 0.1) is 11.3 Å². The molecule has 2 aromatic rings. The van der Waals surface area contributed by atoms with Crippen LogP contribution in [0.3, 0.4) is 0 Å². The molecular formula is C27H34N4O2. The maximum absolute atomic E-state index is 13.4. The average Bonchev–Trinajstić information content (AvgIpc) is 2.81. The molecule has 2 N–H and O–H groups in total. The van der Waals surface area contributed by atoms with Gasteiger partial charge in [0.1, 0.15) is 0 Å². The van der Waals surface area contributed by atoms with Crippen LogP contribution in [0.1, 0.15) is 48.2 Å². The first kappa shape index (κ1) is 21.1. The predicted molar refractivity (Wildman–Crippen MR) is 128 cm³/mol. The summed E-state index contributed by atoms with van der Waals surface area (Å²) in [6, 6.07) is 14.7. The molecule has 5 aliphatic rings. The van der Waals surface area contributed by atoms with Gasteiger partial charge in [0, 0.05) is 45.0 Å². The van der Waals surface area contributed by atoms with Crippen LogP contribution in [-0.2, 0) is 6.54 Å². The topological polar surface area (TPSA) is 68.7 Å². The maximum atomic E-state index is 13.4. The Balaban J connectivity index is 1.12. The fraction of sp³-hybridized carbons (Fsp3) is 0.556. The van der Waals surface area contributed by atoms with Crippen molar-refractivity contribution < 1.29 is 9.90 Å². The summed E-state index contributed by atoms with van der Waals surface area (Å²) < 4.78 is 0. The lowest BCUT2D eigenvalue weighted by Crippen LogP contribution is -2.61. The largest absolute Gasteiger partial charge is 0.390 e. The van der Waals surface area contributed by atoms with Crippen LogP contribution in [-0.4, -0.2) is 58.7 Å². The number of aliphatic hydroxyl groups is 1. The number of pyridine rings is 1. The Kier molecular flexibility index (Phi) is 5.38. The van der Waals surface area contributed by atoms with Gasteiger partial charge < -0.3 is 15.3 Å². The van der Waals surface area contributed by atoms with E-state index in [1.165, 1.54) is 5.56 Å². The highest BCUT2D eigenvalue weighted by atomic mass is 16.3. The highest BCUT2D eigenvalue weighted by molar-refractivity contribution is 5.98. The number of anilines is 1. The predicted octanol–water partition coefficient (Wildman–Crippen LogP) is 3.07. The molecule has 4 saturated carbocycles. The molecule has 2 unspecified atom stereocenters. The smallest absolute Gasteiger partial charge is 0.272 e. The molecule has 6 nitrogen and oxygen atoms in total. The third-order valence-electron chi connectivity index (χ3n) is 8.50. The van der Waals surface area contributed by atoms with Gasteiger partial charge in [0.15, 0.2) is 5.69 Å². The van der Waals surface area contributed by atoms with Gasteiger partial charge in [-0.25, -0.2) is 4.98 Å². The van der Waals surface area contributed by atoms with Crippen molar-refractivity contribution in [3.8, 4) is 0 Å². The number of rotatable bonds is 5. The van der Waals surface area contributed by atoms with Gasteiger partial charge in [-0.1, -0.05) is 30.3 Å². The van der Waals surface area contributed by atoms with Crippen molar-refractivity contribution in [3.63, 3.8) is 0 Å². The van der Waals surface area contributed by atoms with E-state index in [1.807, 2.05) is 12.1 Å². The van der Waals surface area contributed by atoms with Crippen LogP contribution in [0.15, 0.2) is 48.7 Å². The Hall–Kier alpha value is -2.44. The number of carbonyl (C=O) groups excluding carboxylic acids is 1. The van der Waals surface area contributed by atoms with Gasteiger partial charge in [0.2, 0.25) is 0 Å². The Morgan fingerprint density at radius 1 is 1.00 bits per heavy atom.